The van der Waals surface area contributed by atoms with Gasteiger partial charge in [-0.15, -0.1) is 0 Å². The van der Waals surface area contributed by atoms with Gasteiger partial charge in [0.1, 0.15) is 22.0 Å². The van der Waals surface area contributed by atoms with Crippen LogP contribution in [0.25, 0.3) is 10.8 Å². The van der Waals surface area contributed by atoms with Gasteiger partial charge in [-0.3, -0.25) is 9.44 Å². The molecule has 0 aromatic heterocycles. The molecule has 1 heterocycles. The monoisotopic (exact) mass is 503 g/mol. The smallest absolute Gasteiger partial charge is 0.265 e. The van der Waals surface area contributed by atoms with Crippen molar-refractivity contribution in [3.8, 4) is 11.5 Å². The van der Waals surface area contributed by atoms with Crippen molar-refractivity contribution in [2.24, 2.45) is 10.9 Å². The van der Waals surface area contributed by atoms with E-state index < -0.39 is 20.0 Å². The second-order valence-electron chi connectivity index (χ2n) is 8.65. The van der Waals surface area contributed by atoms with E-state index in [-0.39, 0.29) is 39.2 Å². The second kappa shape index (κ2) is 8.48. The van der Waals surface area contributed by atoms with E-state index in [1.54, 1.807) is 24.3 Å². The Hall–Kier alpha value is -3.31. The summed E-state index contributed by atoms with van der Waals surface area (Å²) in [7, 11) is -7.70. The summed E-state index contributed by atoms with van der Waals surface area (Å²) in [4.78, 5) is 4.18. The predicted molar refractivity (Wildman–Crippen MR) is 132 cm³/mol. The van der Waals surface area contributed by atoms with Gasteiger partial charge >= 0.3 is 0 Å². The number of phenols is 2. The van der Waals surface area contributed by atoms with Gasteiger partial charge in [0.05, 0.1) is 17.6 Å². The van der Waals surface area contributed by atoms with E-state index in [1.165, 1.54) is 18.2 Å². The number of rotatable bonds is 6. The molecule has 0 radical (unpaired) electrons. The number of benzene rings is 3. The third kappa shape index (κ3) is 4.53. The Bertz CT molecular complexity index is 1540. The SMILES string of the molecule is CC(C)CCc1c(O)c(C2=Nc3cc(NS(C)(=O)=O)ccc3S(=O)(=O)N2)c(O)c2ccccc12. The van der Waals surface area contributed by atoms with Crippen LogP contribution in [0.15, 0.2) is 52.4 Å². The molecule has 0 atom stereocenters. The molecule has 0 saturated carbocycles. The van der Waals surface area contributed by atoms with Crippen molar-refractivity contribution in [3.05, 3.63) is 53.6 Å². The normalized spacial score (nSPS) is 15.0. The van der Waals surface area contributed by atoms with Gasteiger partial charge in [0, 0.05) is 10.9 Å². The first-order chi connectivity index (χ1) is 15.9. The summed E-state index contributed by atoms with van der Waals surface area (Å²) in [6.45, 7) is 4.11. The fourth-order valence-electron chi connectivity index (χ4n) is 3.93. The lowest BCUT2D eigenvalue weighted by Gasteiger charge is -2.22. The lowest BCUT2D eigenvalue weighted by atomic mass is 9.92. The number of anilines is 1. The molecule has 0 unspecified atom stereocenters. The highest BCUT2D eigenvalue weighted by molar-refractivity contribution is 7.92. The minimum absolute atomic E-state index is 0.0295. The van der Waals surface area contributed by atoms with Gasteiger partial charge in [-0.25, -0.2) is 21.8 Å². The average Bonchev–Trinajstić information content (AvgIpc) is 2.71. The molecular weight excluding hydrogens is 478 g/mol. The van der Waals surface area contributed by atoms with Crippen molar-refractivity contribution in [3.63, 3.8) is 0 Å². The fourth-order valence-corrected chi connectivity index (χ4v) is 5.62. The Labute approximate surface area is 198 Å². The van der Waals surface area contributed by atoms with E-state index in [1.807, 2.05) is 0 Å². The predicted octanol–water partition coefficient (Wildman–Crippen LogP) is 3.58. The molecule has 4 N–H and O–H groups in total. The summed E-state index contributed by atoms with van der Waals surface area (Å²) >= 11 is 0. The Morgan fingerprint density at radius 1 is 1.06 bits per heavy atom. The minimum Gasteiger partial charge on any atom is -0.507 e. The van der Waals surface area contributed by atoms with Crippen LogP contribution in [0, 0.1) is 5.92 Å². The molecule has 0 amide bonds. The third-order valence-corrected chi connectivity index (χ3v) is 7.48. The fraction of sp³-hybridized carbons (Fsp3) is 0.261. The van der Waals surface area contributed by atoms with Crippen molar-refractivity contribution in [2.75, 3.05) is 11.0 Å². The van der Waals surface area contributed by atoms with Crippen LogP contribution in [0.4, 0.5) is 11.4 Å². The molecule has 9 nitrogen and oxygen atoms in total. The van der Waals surface area contributed by atoms with Gasteiger partial charge in [0.15, 0.2) is 5.84 Å². The van der Waals surface area contributed by atoms with Crippen LogP contribution in [0.3, 0.4) is 0 Å². The van der Waals surface area contributed by atoms with Gasteiger partial charge in [0.2, 0.25) is 10.0 Å². The molecule has 1 aliphatic heterocycles. The van der Waals surface area contributed by atoms with Crippen LogP contribution in [-0.4, -0.2) is 39.1 Å². The number of sulfonamides is 2. The number of aryl methyl sites for hydroxylation is 1. The highest BCUT2D eigenvalue weighted by Crippen LogP contribution is 2.42. The van der Waals surface area contributed by atoms with E-state index in [0.29, 0.717) is 28.7 Å². The summed E-state index contributed by atoms with van der Waals surface area (Å²) in [6, 6.07) is 10.8. The maximum Gasteiger partial charge on any atom is 0.265 e. The Morgan fingerprint density at radius 2 is 1.74 bits per heavy atom. The summed E-state index contributed by atoms with van der Waals surface area (Å²) in [6.07, 6.45) is 2.25. The van der Waals surface area contributed by atoms with Crippen LogP contribution >= 0.6 is 0 Å². The number of amidine groups is 1. The lowest BCUT2D eigenvalue weighted by Crippen LogP contribution is -2.34. The zero-order valence-electron chi connectivity index (χ0n) is 18.8. The zero-order chi connectivity index (χ0) is 24.8. The molecular formula is C23H25N3O6S2. The van der Waals surface area contributed by atoms with Crippen molar-refractivity contribution < 1.29 is 27.0 Å². The molecule has 0 bridgehead atoms. The number of phenolic OH excluding ortho intramolecular Hbond substituents is 2. The Morgan fingerprint density at radius 3 is 2.38 bits per heavy atom. The van der Waals surface area contributed by atoms with Crippen LogP contribution < -0.4 is 9.44 Å². The number of nitrogens with one attached hydrogen (secondary N) is 2. The van der Waals surface area contributed by atoms with Crippen molar-refractivity contribution >= 4 is 48.0 Å². The molecule has 11 heteroatoms. The van der Waals surface area contributed by atoms with E-state index in [9.17, 15) is 27.0 Å². The molecule has 1 aliphatic rings. The van der Waals surface area contributed by atoms with Crippen LogP contribution in [0.5, 0.6) is 11.5 Å². The molecule has 4 rings (SSSR count). The van der Waals surface area contributed by atoms with Gasteiger partial charge in [-0.05, 0) is 42.3 Å². The topological polar surface area (TPSA) is 145 Å². The van der Waals surface area contributed by atoms with Crippen LogP contribution in [0.2, 0.25) is 0 Å². The quantitative estimate of drug-likeness (QED) is 0.405. The largest absolute Gasteiger partial charge is 0.507 e. The molecule has 0 saturated heterocycles. The van der Waals surface area contributed by atoms with Crippen molar-refractivity contribution in [1.29, 1.82) is 0 Å². The first kappa shape index (κ1) is 23.8. The zero-order valence-corrected chi connectivity index (χ0v) is 20.5. The van der Waals surface area contributed by atoms with Crippen molar-refractivity contribution in [1.82, 2.24) is 4.72 Å². The van der Waals surface area contributed by atoms with E-state index in [0.717, 1.165) is 12.7 Å². The first-order valence-electron chi connectivity index (χ1n) is 10.6. The number of nitrogens with zero attached hydrogens (tertiary/aromatic N) is 1. The van der Waals surface area contributed by atoms with Gasteiger partial charge in [-0.2, -0.15) is 0 Å². The standard InChI is InChI=1S/C23H25N3O6S2/c1-13(2)8-10-17-15-6-4-5-7-16(15)21(27)20(22(17)28)23-24-18-12-14(25-33(3,29)30)9-11-19(18)34(31,32)26-23/h4-7,9,11-13,25,27-28H,8,10H2,1-3H3,(H,24,26). The minimum atomic E-state index is -4.11. The van der Waals surface area contributed by atoms with Gasteiger partial charge in [0.25, 0.3) is 10.0 Å². The highest BCUT2D eigenvalue weighted by Gasteiger charge is 2.31. The van der Waals surface area contributed by atoms with Crippen LogP contribution in [0.1, 0.15) is 31.4 Å². The number of fused-ring (bicyclic) bond motifs is 2. The summed E-state index contributed by atoms with van der Waals surface area (Å²) in [5.74, 6) is -0.465. The third-order valence-electron chi connectivity index (χ3n) is 5.49. The molecule has 3 aromatic carbocycles. The summed E-state index contributed by atoms with van der Waals surface area (Å²) in [5.41, 5.74) is 0.551. The van der Waals surface area contributed by atoms with Gasteiger partial charge in [-0.1, -0.05) is 38.1 Å². The van der Waals surface area contributed by atoms with Gasteiger partial charge < -0.3 is 10.2 Å². The van der Waals surface area contributed by atoms with E-state index in [2.05, 4.69) is 28.3 Å². The maximum atomic E-state index is 12.9. The molecule has 34 heavy (non-hydrogen) atoms. The Balaban J connectivity index is 1.95. The van der Waals surface area contributed by atoms with Crippen molar-refractivity contribution in [2.45, 2.75) is 31.6 Å². The highest BCUT2D eigenvalue weighted by atomic mass is 32.2. The molecule has 3 aromatic rings. The number of hydrogen-bond donors (Lipinski definition) is 4. The lowest BCUT2D eigenvalue weighted by molar-refractivity contribution is 0.445. The molecule has 180 valence electrons. The number of aromatic hydroxyl groups is 2. The second-order valence-corrected chi connectivity index (χ2v) is 12.1. The number of hydrogen-bond acceptors (Lipinski definition) is 7. The average molecular weight is 504 g/mol. The molecule has 0 aliphatic carbocycles. The maximum absolute atomic E-state index is 12.9. The Kier molecular flexibility index (Phi) is 5.94. The molecule has 0 spiro atoms. The first-order valence-corrected chi connectivity index (χ1v) is 13.9. The van der Waals surface area contributed by atoms with E-state index >= 15 is 0 Å². The summed E-state index contributed by atoms with van der Waals surface area (Å²) < 4.78 is 53.7. The number of aliphatic imine (C=N–C) groups is 1. The van der Waals surface area contributed by atoms with Crippen LogP contribution in [-0.2, 0) is 26.5 Å². The van der Waals surface area contributed by atoms with E-state index in [4.69, 9.17) is 0 Å². The molecule has 0 fully saturated rings. The summed E-state index contributed by atoms with van der Waals surface area (Å²) in [5, 5.41) is 23.4.